The number of carbonyl (C=O) groups is 1. The summed E-state index contributed by atoms with van der Waals surface area (Å²) in [6, 6.07) is 14.0. The fourth-order valence-electron chi connectivity index (χ4n) is 6.20. The van der Waals surface area contributed by atoms with Crippen LogP contribution in [-0.4, -0.2) is 47.5 Å². The Balaban J connectivity index is 1.65. The second kappa shape index (κ2) is 10.4. The van der Waals surface area contributed by atoms with Gasteiger partial charge in [-0.25, -0.2) is 22.5 Å². The number of carboxylic acids is 1. The van der Waals surface area contributed by atoms with Crippen molar-refractivity contribution < 1.29 is 32.2 Å². The smallest absolute Gasteiger partial charge is 0.339 e. The molecule has 1 aliphatic carbocycles. The summed E-state index contributed by atoms with van der Waals surface area (Å²) in [6.07, 6.45) is 7.13. The first-order valence-corrected chi connectivity index (χ1v) is 15.8. The van der Waals surface area contributed by atoms with Crippen LogP contribution in [-0.2, 0) is 4.57 Å². The van der Waals surface area contributed by atoms with E-state index >= 15 is 13.3 Å². The summed E-state index contributed by atoms with van der Waals surface area (Å²) < 4.78 is 64.5. The first kappa shape index (κ1) is 28.0. The lowest BCUT2D eigenvalue weighted by atomic mass is 9.86. The Hall–Kier alpha value is -4.85. The second-order valence-electron chi connectivity index (χ2n) is 10.9. The van der Waals surface area contributed by atoms with Gasteiger partial charge < -0.3 is 14.6 Å². The first-order valence-electron chi connectivity index (χ1n) is 14.1. The summed E-state index contributed by atoms with van der Waals surface area (Å²) >= 11 is 0. The Morgan fingerprint density at radius 1 is 1.00 bits per heavy atom. The van der Waals surface area contributed by atoms with Crippen LogP contribution in [0, 0.1) is 17.5 Å². The summed E-state index contributed by atoms with van der Waals surface area (Å²) in [7, 11) is -3.70. The van der Waals surface area contributed by atoms with E-state index < -0.39 is 47.4 Å². The van der Waals surface area contributed by atoms with Gasteiger partial charge in [0.05, 0.1) is 6.42 Å². The van der Waals surface area contributed by atoms with E-state index in [2.05, 4.69) is 19.5 Å². The minimum absolute atomic E-state index is 0.0779. The molecule has 0 bridgehead atoms. The Bertz CT molecular complexity index is 2020. The van der Waals surface area contributed by atoms with Gasteiger partial charge in [0, 0.05) is 62.9 Å². The molecule has 2 saturated heterocycles. The van der Waals surface area contributed by atoms with Crippen LogP contribution in [0.15, 0.2) is 82.8 Å². The third-order valence-corrected chi connectivity index (χ3v) is 11.8. The quantitative estimate of drug-likeness (QED) is 0.0897. The highest BCUT2D eigenvalue weighted by molar-refractivity contribution is 7.83. The maximum absolute atomic E-state index is 16.3. The van der Waals surface area contributed by atoms with Crippen LogP contribution < -0.4 is 15.5 Å². The predicted molar refractivity (Wildman–Crippen MR) is 162 cm³/mol. The van der Waals surface area contributed by atoms with Crippen molar-refractivity contribution in [2.75, 3.05) is 31.1 Å². The van der Waals surface area contributed by atoms with Gasteiger partial charge in [0.1, 0.15) is 30.2 Å². The highest BCUT2D eigenvalue weighted by Gasteiger charge is 2.45. The largest absolute Gasteiger partial charge is 0.478 e. The van der Waals surface area contributed by atoms with Crippen LogP contribution in [0.1, 0.15) is 34.3 Å². The van der Waals surface area contributed by atoms with Gasteiger partial charge in [0.25, 0.3) is 0 Å². The number of rotatable bonds is 5. The van der Waals surface area contributed by atoms with E-state index in [1.165, 1.54) is 0 Å². The second-order valence-corrected chi connectivity index (χ2v) is 13.6. The zero-order chi connectivity index (χ0) is 30.7. The number of aromatic carboxylic acids is 1. The van der Waals surface area contributed by atoms with Crippen LogP contribution in [0.3, 0.4) is 0 Å². The summed E-state index contributed by atoms with van der Waals surface area (Å²) in [5, 5.41) is 14.3. The van der Waals surface area contributed by atoms with Gasteiger partial charge in [-0.15, -0.1) is 0 Å². The van der Waals surface area contributed by atoms with E-state index in [0.717, 1.165) is 50.4 Å². The van der Waals surface area contributed by atoms with Crippen molar-refractivity contribution in [3.05, 3.63) is 122 Å². The molecule has 0 aromatic heterocycles. The number of carboxylic acid groups (broad SMARTS) is 1. The van der Waals surface area contributed by atoms with Crippen molar-refractivity contribution in [2.45, 2.75) is 12.8 Å². The van der Waals surface area contributed by atoms with Gasteiger partial charge in [-0.3, -0.25) is 0 Å². The van der Waals surface area contributed by atoms with Crippen LogP contribution in [0.5, 0.6) is 0 Å². The molecule has 4 aliphatic rings. The van der Waals surface area contributed by atoms with Gasteiger partial charge >= 0.3 is 5.97 Å². The number of fused-ring (bicyclic) bond motifs is 2. The summed E-state index contributed by atoms with van der Waals surface area (Å²) in [6.45, 7) is 3.16. The number of hydrogen-bond acceptors (Lipinski definition) is 4. The molecule has 0 radical (unpaired) electrons. The van der Waals surface area contributed by atoms with Crippen LogP contribution in [0.25, 0.3) is 16.0 Å². The van der Waals surface area contributed by atoms with Gasteiger partial charge in [0.2, 0.25) is 5.71 Å². The Morgan fingerprint density at radius 2 is 1.75 bits per heavy atom. The van der Waals surface area contributed by atoms with Crippen molar-refractivity contribution in [1.82, 2.24) is 0 Å². The highest BCUT2D eigenvalue weighted by atomic mass is 31.2. The Morgan fingerprint density at radius 3 is 2.36 bits per heavy atom. The van der Waals surface area contributed by atoms with E-state index in [-0.39, 0.29) is 16.7 Å². The minimum atomic E-state index is -3.70. The number of halogens is 3. The standard InChI is InChI=1S/C32H23F3N5O3P/c33-28-27(32(41)42)26(29(34)31(30(28)35)37-38-36)25-21-10-8-18(39-12-4-13-39)16-23(21)44(43,20-6-2-1-3-7-20)24-17-19(9-11-22(24)25)40-14-5-15-40/h1-3,6-11,16-17H,4-5,12-15H2/p+1. The normalized spacial score (nSPS) is 20.2. The molecule has 3 aromatic rings. The molecule has 1 unspecified atom stereocenters. The molecule has 3 aliphatic heterocycles. The lowest BCUT2D eigenvalue weighted by Crippen LogP contribution is -2.38. The molecule has 0 spiro atoms. The van der Waals surface area contributed by atoms with E-state index in [1.54, 1.807) is 66.8 Å². The molecular weight excluding hydrogens is 590 g/mol. The van der Waals surface area contributed by atoms with Crippen LogP contribution in [0.2, 0.25) is 0 Å². The van der Waals surface area contributed by atoms with Crippen LogP contribution in [0.4, 0.5) is 24.5 Å². The van der Waals surface area contributed by atoms with Gasteiger partial charge in [0.15, 0.2) is 18.8 Å². The molecule has 3 aromatic carbocycles. The molecule has 7 rings (SSSR count). The number of benzene rings is 3. The third kappa shape index (κ3) is 4.00. The fraction of sp³-hybridized carbons (Fsp3) is 0.188. The highest BCUT2D eigenvalue weighted by Crippen LogP contribution is 2.62. The Kier molecular flexibility index (Phi) is 6.61. The molecule has 0 amide bonds. The van der Waals surface area contributed by atoms with E-state index in [0.29, 0.717) is 15.9 Å². The monoisotopic (exact) mass is 614 g/mol. The van der Waals surface area contributed by atoms with Crippen molar-refractivity contribution in [3.63, 3.8) is 0 Å². The number of hydrogen-bond donors (Lipinski definition) is 1. The molecule has 1 atom stereocenters. The van der Waals surface area contributed by atoms with Gasteiger partial charge in [-0.05, 0) is 41.3 Å². The van der Waals surface area contributed by atoms with E-state index in [4.69, 9.17) is 5.53 Å². The Labute approximate surface area is 249 Å². The van der Waals surface area contributed by atoms with E-state index in [1.807, 2.05) is 0 Å². The molecule has 8 nitrogen and oxygen atoms in total. The molecule has 0 saturated carbocycles. The zero-order valence-electron chi connectivity index (χ0n) is 23.2. The average molecular weight is 615 g/mol. The maximum atomic E-state index is 16.3. The lowest BCUT2D eigenvalue weighted by molar-refractivity contribution is -0.582. The number of anilines is 1. The molecule has 220 valence electrons. The van der Waals surface area contributed by atoms with Crippen molar-refractivity contribution in [1.29, 1.82) is 0 Å². The molecule has 3 heterocycles. The number of nitrogens with zero attached hydrogens (tertiary/aromatic N) is 5. The molecule has 1 N–H and O–H groups in total. The SMILES string of the molecule is [N-]=[N+]=Nc1c(F)c(F)c(C(=O)O)c(C2=C3C=CC(=[N+]4CCC4)C=C3P(=O)(c3ccccc3)c3cc(N4CCC4)ccc32)c1F. The van der Waals surface area contributed by atoms with Crippen molar-refractivity contribution in [2.24, 2.45) is 5.11 Å². The number of azide groups is 1. The van der Waals surface area contributed by atoms with Crippen molar-refractivity contribution >= 4 is 46.4 Å². The zero-order valence-corrected chi connectivity index (χ0v) is 24.1. The predicted octanol–water partition coefficient (Wildman–Crippen LogP) is 6.39. The summed E-state index contributed by atoms with van der Waals surface area (Å²) in [5.74, 6) is -7.21. The summed E-state index contributed by atoms with van der Waals surface area (Å²) in [4.78, 5) is 17.0. The molecule has 2 fully saturated rings. The lowest BCUT2D eigenvalue weighted by Gasteiger charge is -2.37. The first-order chi connectivity index (χ1) is 21.3. The molecule has 12 heteroatoms. The summed E-state index contributed by atoms with van der Waals surface area (Å²) in [5.41, 5.74) is 7.60. The van der Waals surface area contributed by atoms with E-state index in [9.17, 15) is 14.3 Å². The third-order valence-electron chi connectivity index (χ3n) is 8.65. The average Bonchev–Trinajstić information content (AvgIpc) is 2.97. The van der Waals surface area contributed by atoms with Gasteiger partial charge in [-0.1, -0.05) is 41.5 Å². The topological polar surface area (TPSA) is 109 Å². The van der Waals surface area contributed by atoms with Crippen molar-refractivity contribution in [3.8, 4) is 0 Å². The minimum Gasteiger partial charge on any atom is -0.478 e. The molecular formula is C32H24F3N5O3P+. The maximum Gasteiger partial charge on any atom is 0.339 e. The molecule has 44 heavy (non-hydrogen) atoms. The number of allylic oxidation sites excluding steroid dienone is 5. The fourth-order valence-corrected chi connectivity index (χ4v) is 9.29. The van der Waals surface area contributed by atoms with Gasteiger partial charge in [-0.2, -0.15) is 0 Å². The van der Waals surface area contributed by atoms with Crippen LogP contribution >= 0.6 is 7.14 Å².